The van der Waals surface area contributed by atoms with E-state index in [1.165, 1.54) is 11.2 Å². The van der Waals surface area contributed by atoms with Gasteiger partial charge in [-0.3, -0.25) is 5.01 Å². The summed E-state index contributed by atoms with van der Waals surface area (Å²) in [6.07, 6.45) is 6.65. The molecule has 4 rings (SSSR count). The van der Waals surface area contributed by atoms with Crippen LogP contribution >= 0.6 is 0 Å². The third-order valence-electron chi connectivity index (χ3n) is 4.92. The Bertz CT molecular complexity index is 840. The lowest BCUT2D eigenvalue weighted by atomic mass is 9.55. The van der Waals surface area contributed by atoms with E-state index in [9.17, 15) is 0 Å². The molecule has 2 aliphatic rings. The van der Waals surface area contributed by atoms with Crippen molar-refractivity contribution in [1.29, 1.82) is 0 Å². The van der Waals surface area contributed by atoms with Crippen molar-refractivity contribution < 1.29 is 4.42 Å². The molecule has 0 saturated heterocycles. The van der Waals surface area contributed by atoms with E-state index in [0.717, 1.165) is 22.6 Å². The van der Waals surface area contributed by atoms with Gasteiger partial charge in [0.25, 0.3) is 0 Å². The Labute approximate surface area is 136 Å². The maximum Gasteiger partial charge on any atom is 0.315 e. The number of furan rings is 1. The lowest BCUT2D eigenvalue weighted by Gasteiger charge is -2.43. The predicted octanol–water partition coefficient (Wildman–Crippen LogP) is 2.62. The number of hydrazine groups is 1. The summed E-state index contributed by atoms with van der Waals surface area (Å²) in [5, 5.41) is 3.39. The fourth-order valence-corrected chi connectivity index (χ4v) is 3.57. The van der Waals surface area contributed by atoms with E-state index < -0.39 is 0 Å². The van der Waals surface area contributed by atoms with Gasteiger partial charge in [0.15, 0.2) is 0 Å². The van der Waals surface area contributed by atoms with Crippen LogP contribution in [0.25, 0.3) is 17.2 Å². The van der Waals surface area contributed by atoms with Crippen molar-refractivity contribution in [1.82, 2.24) is 19.8 Å². The molecule has 118 valence electrons. The van der Waals surface area contributed by atoms with Crippen LogP contribution in [0.5, 0.6) is 0 Å². The van der Waals surface area contributed by atoms with Crippen molar-refractivity contribution in [3.63, 3.8) is 0 Å². The van der Waals surface area contributed by atoms with E-state index in [0.29, 0.717) is 6.17 Å². The zero-order valence-electron chi connectivity index (χ0n) is 14.2. The van der Waals surface area contributed by atoms with E-state index in [2.05, 4.69) is 72.1 Å². The van der Waals surface area contributed by atoms with E-state index in [1.807, 2.05) is 13.0 Å². The van der Waals surface area contributed by atoms with Gasteiger partial charge in [0.1, 0.15) is 11.9 Å². The van der Waals surface area contributed by atoms with Crippen LogP contribution < -0.4 is 5.46 Å². The van der Waals surface area contributed by atoms with Crippen molar-refractivity contribution in [3.8, 4) is 0 Å². The third kappa shape index (κ3) is 1.97. The maximum absolute atomic E-state index is 6.01. The molecule has 0 N–H and O–H groups in total. The lowest BCUT2D eigenvalue weighted by Crippen LogP contribution is -2.57. The summed E-state index contributed by atoms with van der Waals surface area (Å²) < 4.78 is 6.01. The molecule has 0 aliphatic carbocycles. The summed E-state index contributed by atoms with van der Waals surface area (Å²) in [5.41, 5.74) is 4.10. The van der Waals surface area contributed by atoms with Crippen molar-refractivity contribution in [2.45, 2.75) is 33.8 Å². The smallest absolute Gasteiger partial charge is 0.315 e. The fraction of sp³-hybridized carbons (Fsp3) is 0.353. The first-order valence-corrected chi connectivity index (χ1v) is 8.03. The predicted molar refractivity (Wildman–Crippen MR) is 93.7 cm³/mol. The first-order chi connectivity index (χ1) is 11.0. The highest BCUT2D eigenvalue weighted by atomic mass is 16.3. The summed E-state index contributed by atoms with van der Waals surface area (Å²) in [5.74, 6) is 0.934. The van der Waals surface area contributed by atoms with Crippen LogP contribution in [0.2, 0.25) is 6.82 Å². The summed E-state index contributed by atoms with van der Waals surface area (Å²) in [4.78, 5) is 9.08. The minimum absolute atomic E-state index is 0.194. The average molecular weight is 308 g/mol. The Morgan fingerprint density at radius 2 is 2.00 bits per heavy atom. The number of fused-ring (bicyclic) bond motifs is 3. The molecular formula is C17H21BN4O. The highest BCUT2D eigenvalue weighted by molar-refractivity contribution is 6.73. The van der Waals surface area contributed by atoms with Gasteiger partial charge in [0.2, 0.25) is 5.71 Å². The SMILES string of the molecule is CB1c2c(oc3nc(C)ccc23)C=C(C)N1N1C=CN(C)[C@@H]1C. The lowest BCUT2D eigenvalue weighted by molar-refractivity contribution is 0.0635. The van der Waals surface area contributed by atoms with Gasteiger partial charge in [-0.1, -0.05) is 6.82 Å². The quantitative estimate of drug-likeness (QED) is 0.757. The molecule has 23 heavy (non-hydrogen) atoms. The maximum atomic E-state index is 6.01. The number of hydrogen-bond acceptors (Lipinski definition) is 5. The summed E-state index contributed by atoms with van der Waals surface area (Å²) in [7, 11) is 2.10. The Morgan fingerprint density at radius 3 is 2.70 bits per heavy atom. The molecule has 0 unspecified atom stereocenters. The molecule has 4 heterocycles. The van der Waals surface area contributed by atoms with Gasteiger partial charge in [-0.15, -0.1) is 0 Å². The number of hydrogen-bond donors (Lipinski definition) is 0. The van der Waals surface area contributed by atoms with Crippen LogP contribution in [0.15, 0.2) is 34.6 Å². The van der Waals surface area contributed by atoms with E-state index in [-0.39, 0.29) is 6.85 Å². The highest BCUT2D eigenvalue weighted by Crippen LogP contribution is 2.29. The third-order valence-corrected chi connectivity index (χ3v) is 4.92. The minimum atomic E-state index is 0.194. The summed E-state index contributed by atoms with van der Waals surface area (Å²) in [6.45, 7) is 8.74. The van der Waals surface area contributed by atoms with Gasteiger partial charge in [0.05, 0.1) is 0 Å². The highest BCUT2D eigenvalue weighted by Gasteiger charge is 2.37. The molecular weight excluding hydrogens is 287 g/mol. The second-order valence-electron chi connectivity index (χ2n) is 6.47. The van der Waals surface area contributed by atoms with Gasteiger partial charge >= 0.3 is 6.85 Å². The summed E-state index contributed by atoms with van der Waals surface area (Å²) >= 11 is 0. The Kier molecular flexibility index (Phi) is 2.98. The number of allylic oxidation sites excluding steroid dienone is 1. The monoisotopic (exact) mass is 308 g/mol. The van der Waals surface area contributed by atoms with Crippen LogP contribution in [0.4, 0.5) is 0 Å². The molecule has 2 aliphatic heterocycles. The van der Waals surface area contributed by atoms with Crippen LogP contribution in [0, 0.1) is 6.92 Å². The molecule has 0 bridgehead atoms. The van der Waals surface area contributed by atoms with Gasteiger partial charge in [-0.25, -0.2) is 4.98 Å². The fourth-order valence-electron chi connectivity index (χ4n) is 3.57. The van der Waals surface area contributed by atoms with Crippen LogP contribution in [-0.2, 0) is 0 Å². The van der Waals surface area contributed by atoms with Gasteiger partial charge in [-0.2, -0.15) is 0 Å². The van der Waals surface area contributed by atoms with Crippen molar-refractivity contribution in [3.05, 3.63) is 41.7 Å². The van der Waals surface area contributed by atoms with Crippen LogP contribution in [0.1, 0.15) is 25.3 Å². The van der Waals surface area contributed by atoms with Crippen molar-refractivity contribution >= 4 is 29.5 Å². The van der Waals surface area contributed by atoms with E-state index in [1.54, 1.807) is 0 Å². The zero-order chi connectivity index (χ0) is 16.3. The first kappa shape index (κ1) is 14.2. The van der Waals surface area contributed by atoms with Crippen molar-refractivity contribution in [2.75, 3.05) is 7.05 Å². The molecule has 0 aromatic carbocycles. The molecule has 0 spiro atoms. The Hall–Kier alpha value is -2.37. The van der Waals surface area contributed by atoms with E-state index >= 15 is 0 Å². The standard InChI is InChI=1S/C17H21BN4O/c1-11-6-7-14-16-15(23-17(14)19-11)10-12(2)22(18(16)4)21-9-8-20(5)13(21)3/h6-10,13H,1-5H3/t13-/m0/s1. The second-order valence-corrected chi connectivity index (χ2v) is 6.47. The molecule has 2 aromatic rings. The van der Waals surface area contributed by atoms with Gasteiger partial charge in [-0.05, 0) is 39.0 Å². The number of rotatable bonds is 1. The van der Waals surface area contributed by atoms with Gasteiger partial charge in [0, 0.05) is 41.7 Å². The van der Waals surface area contributed by atoms with Crippen LogP contribution in [-0.4, -0.2) is 39.9 Å². The number of aryl methyl sites for hydroxylation is 1. The van der Waals surface area contributed by atoms with E-state index in [4.69, 9.17) is 4.42 Å². The zero-order valence-corrected chi connectivity index (χ0v) is 14.2. The summed E-state index contributed by atoms with van der Waals surface area (Å²) in [6, 6.07) is 4.17. The topological polar surface area (TPSA) is 35.8 Å². The molecule has 6 heteroatoms. The first-order valence-electron chi connectivity index (χ1n) is 8.03. The van der Waals surface area contributed by atoms with Crippen LogP contribution in [0.3, 0.4) is 0 Å². The largest absolute Gasteiger partial charge is 0.439 e. The molecule has 0 amide bonds. The molecule has 1 atom stereocenters. The Balaban J connectivity index is 1.83. The van der Waals surface area contributed by atoms with Crippen molar-refractivity contribution in [2.24, 2.45) is 0 Å². The molecule has 0 radical (unpaired) electrons. The Morgan fingerprint density at radius 1 is 1.22 bits per heavy atom. The molecule has 5 nitrogen and oxygen atoms in total. The second kappa shape index (κ2) is 4.81. The molecule has 0 fully saturated rings. The number of pyridine rings is 1. The molecule has 0 saturated carbocycles. The normalized spacial score (nSPS) is 20.6. The minimum Gasteiger partial charge on any atom is -0.439 e. The number of nitrogens with zero attached hydrogens (tertiary/aromatic N) is 4. The van der Waals surface area contributed by atoms with Gasteiger partial charge < -0.3 is 14.2 Å². The number of aromatic nitrogens is 1. The average Bonchev–Trinajstić information content (AvgIpc) is 3.01. The molecule has 2 aromatic heterocycles.